The van der Waals surface area contributed by atoms with E-state index in [1.54, 1.807) is 36.2 Å². The number of ether oxygens (including phenoxy) is 1. The molecule has 0 bridgehead atoms. The molecule has 5 nitrogen and oxygen atoms in total. The van der Waals surface area contributed by atoms with Crippen LogP contribution in [0.2, 0.25) is 0 Å². The summed E-state index contributed by atoms with van der Waals surface area (Å²) in [4.78, 5) is 16.9. The van der Waals surface area contributed by atoms with Crippen molar-refractivity contribution in [2.45, 2.75) is 18.9 Å². The van der Waals surface area contributed by atoms with E-state index in [0.29, 0.717) is 10.9 Å². The van der Waals surface area contributed by atoms with Gasteiger partial charge in [-0.2, -0.15) is 0 Å². The molecule has 1 fully saturated rings. The first-order chi connectivity index (χ1) is 9.29. The van der Waals surface area contributed by atoms with Crippen LogP contribution in [0.25, 0.3) is 10.9 Å². The van der Waals surface area contributed by atoms with E-state index in [1.165, 1.54) is 0 Å². The van der Waals surface area contributed by atoms with E-state index < -0.39 is 0 Å². The monoisotopic (exact) mass is 259 g/mol. The maximum Gasteiger partial charge on any atom is 0.261 e. The Labute approximate surface area is 111 Å². The van der Waals surface area contributed by atoms with Gasteiger partial charge in [-0.25, -0.2) is 4.98 Å². The second kappa shape index (κ2) is 5.01. The molecule has 1 aliphatic rings. The zero-order chi connectivity index (χ0) is 13.2. The molecule has 0 spiro atoms. The van der Waals surface area contributed by atoms with Crippen molar-refractivity contribution >= 4 is 10.9 Å². The molecule has 3 rings (SSSR count). The van der Waals surface area contributed by atoms with Crippen molar-refractivity contribution in [1.82, 2.24) is 14.9 Å². The Morgan fingerprint density at radius 3 is 2.89 bits per heavy atom. The van der Waals surface area contributed by atoms with E-state index in [1.807, 2.05) is 0 Å². The molecule has 0 saturated carbocycles. The number of hydrogen-bond donors (Lipinski definition) is 1. The van der Waals surface area contributed by atoms with E-state index in [-0.39, 0.29) is 11.6 Å². The molecule has 0 aliphatic carbocycles. The van der Waals surface area contributed by atoms with Gasteiger partial charge < -0.3 is 10.1 Å². The summed E-state index contributed by atoms with van der Waals surface area (Å²) in [6.45, 7) is 1.91. The summed E-state index contributed by atoms with van der Waals surface area (Å²) in [5.74, 6) is 0.721. The summed E-state index contributed by atoms with van der Waals surface area (Å²) in [7, 11) is 1.61. The number of benzene rings is 1. The van der Waals surface area contributed by atoms with Crippen molar-refractivity contribution < 1.29 is 4.74 Å². The van der Waals surface area contributed by atoms with Crippen LogP contribution in [-0.2, 0) is 0 Å². The minimum atomic E-state index is 0.0413. The fourth-order valence-corrected chi connectivity index (χ4v) is 2.59. The summed E-state index contributed by atoms with van der Waals surface area (Å²) < 4.78 is 6.93. The SMILES string of the molecule is COc1ccc2c(=O)n(C3CCNCC3)cnc2c1. The first-order valence-electron chi connectivity index (χ1n) is 6.55. The summed E-state index contributed by atoms with van der Waals surface area (Å²) >= 11 is 0. The zero-order valence-corrected chi connectivity index (χ0v) is 10.9. The molecule has 0 unspecified atom stereocenters. The number of hydrogen-bond acceptors (Lipinski definition) is 4. The summed E-state index contributed by atoms with van der Waals surface area (Å²) in [6, 6.07) is 5.65. The molecule has 100 valence electrons. The fourth-order valence-electron chi connectivity index (χ4n) is 2.59. The summed E-state index contributed by atoms with van der Waals surface area (Å²) in [5.41, 5.74) is 0.731. The van der Waals surface area contributed by atoms with Crippen LogP contribution in [0, 0.1) is 0 Å². The topological polar surface area (TPSA) is 56.1 Å². The van der Waals surface area contributed by atoms with Gasteiger partial charge in [-0.05, 0) is 38.1 Å². The Morgan fingerprint density at radius 2 is 2.16 bits per heavy atom. The van der Waals surface area contributed by atoms with Gasteiger partial charge in [0.05, 0.1) is 24.3 Å². The molecular weight excluding hydrogens is 242 g/mol. The Balaban J connectivity index is 2.07. The van der Waals surface area contributed by atoms with Gasteiger partial charge in [0.15, 0.2) is 0 Å². The van der Waals surface area contributed by atoms with E-state index in [2.05, 4.69) is 10.3 Å². The second-order valence-corrected chi connectivity index (χ2v) is 4.82. The van der Waals surface area contributed by atoms with E-state index >= 15 is 0 Å². The Hall–Kier alpha value is -1.88. The lowest BCUT2D eigenvalue weighted by Crippen LogP contribution is -2.34. The molecular formula is C14H17N3O2. The largest absolute Gasteiger partial charge is 0.497 e. The molecule has 1 aromatic heterocycles. The van der Waals surface area contributed by atoms with Gasteiger partial charge in [-0.1, -0.05) is 0 Å². The summed E-state index contributed by atoms with van der Waals surface area (Å²) in [5, 5.41) is 3.96. The minimum absolute atomic E-state index is 0.0413. The van der Waals surface area contributed by atoms with Crippen molar-refractivity contribution in [2.75, 3.05) is 20.2 Å². The average Bonchev–Trinajstić information content (AvgIpc) is 2.48. The molecule has 1 aromatic carbocycles. The average molecular weight is 259 g/mol. The number of rotatable bonds is 2. The van der Waals surface area contributed by atoms with Crippen LogP contribution in [0.5, 0.6) is 5.75 Å². The molecule has 0 amide bonds. The molecule has 1 N–H and O–H groups in total. The highest BCUT2D eigenvalue weighted by atomic mass is 16.5. The normalized spacial score (nSPS) is 16.7. The maximum absolute atomic E-state index is 12.5. The van der Waals surface area contributed by atoms with E-state index in [4.69, 9.17) is 4.74 Å². The van der Waals surface area contributed by atoms with Gasteiger partial charge in [0.2, 0.25) is 0 Å². The van der Waals surface area contributed by atoms with Crippen LogP contribution in [0.4, 0.5) is 0 Å². The van der Waals surface area contributed by atoms with Crippen molar-refractivity contribution in [1.29, 1.82) is 0 Å². The van der Waals surface area contributed by atoms with Gasteiger partial charge in [-0.3, -0.25) is 9.36 Å². The lowest BCUT2D eigenvalue weighted by atomic mass is 10.1. The molecule has 1 saturated heterocycles. The standard InChI is InChI=1S/C14H17N3O2/c1-19-11-2-3-12-13(8-11)16-9-17(14(12)18)10-4-6-15-7-5-10/h2-3,8-10,15H,4-7H2,1H3. The number of fused-ring (bicyclic) bond motifs is 1. The number of aromatic nitrogens is 2. The number of methoxy groups -OCH3 is 1. The van der Waals surface area contributed by atoms with Gasteiger partial charge >= 0.3 is 0 Å². The van der Waals surface area contributed by atoms with E-state index in [0.717, 1.165) is 31.7 Å². The number of nitrogens with one attached hydrogen (secondary N) is 1. The fraction of sp³-hybridized carbons (Fsp3) is 0.429. The highest BCUT2D eigenvalue weighted by Crippen LogP contribution is 2.19. The number of piperidine rings is 1. The quantitative estimate of drug-likeness (QED) is 0.884. The van der Waals surface area contributed by atoms with Crippen LogP contribution in [0.15, 0.2) is 29.3 Å². The highest BCUT2D eigenvalue weighted by Gasteiger charge is 2.17. The molecule has 19 heavy (non-hydrogen) atoms. The van der Waals surface area contributed by atoms with E-state index in [9.17, 15) is 4.79 Å². The number of nitrogens with zero attached hydrogens (tertiary/aromatic N) is 2. The summed E-state index contributed by atoms with van der Waals surface area (Å²) in [6.07, 6.45) is 3.62. The molecule has 5 heteroatoms. The van der Waals surface area contributed by atoms with Crippen molar-refractivity contribution in [3.05, 3.63) is 34.9 Å². The minimum Gasteiger partial charge on any atom is -0.497 e. The first-order valence-corrected chi connectivity index (χ1v) is 6.55. The molecule has 2 heterocycles. The first kappa shape index (κ1) is 12.2. The predicted octanol–water partition coefficient (Wildman–Crippen LogP) is 1.33. The van der Waals surface area contributed by atoms with Crippen molar-refractivity contribution in [3.8, 4) is 5.75 Å². The van der Waals surface area contributed by atoms with Gasteiger partial charge in [0, 0.05) is 12.1 Å². The third-order valence-electron chi connectivity index (χ3n) is 3.69. The van der Waals surface area contributed by atoms with Gasteiger partial charge in [0.25, 0.3) is 5.56 Å². The lowest BCUT2D eigenvalue weighted by molar-refractivity contribution is 0.359. The van der Waals surface area contributed by atoms with Crippen LogP contribution < -0.4 is 15.6 Å². The van der Waals surface area contributed by atoms with Crippen LogP contribution in [0.3, 0.4) is 0 Å². The molecule has 2 aromatic rings. The maximum atomic E-state index is 12.5. The van der Waals surface area contributed by atoms with Crippen molar-refractivity contribution in [2.24, 2.45) is 0 Å². The third-order valence-corrected chi connectivity index (χ3v) is 3.69. The highest BCUT2D eigenvalue weighted by molar-refractivity contribution is 5.78. The lowest BCUT2D eigenvalue weighted by Gasteiger charge is -2.24. The smallest absolute Gasteiger partial charge is 0.261 e. The predicted molar refractivity (Wildman–Crippen MR) is 73.7 cm³/mol. The Kier molecular flexibility index (Phi) is 3.21. The Morgan fingerprint density at radius 1 is 1.37 bits per heavy atom. The van der Waals surface area contributed by atoms with Gasteiger partial charge in [0.1, 0.15) is 5.75 Å². The Bertz CT molecular complexity index is 645. The molecule has 1 aliphatic heterocycles. The van der Waals surface area contributed by atoms with Crippen molar-refractivity contribution in [3.63, 3.8) is 0 Å². The molecule has 0 atom stereocenters. The second-order valence-electron chi connectivity index (χ2n) is 4.82. The third kappa shape index (κ3) is 2.21. The van der Waals surface area contributed by atoms with Crippen LogP contribution in [0.1, 0.15) is 18.9 Å². The van der Waals surface area contributed by atoms with Crippen LogP contribution >= 0.6 is 0 Å². The zero-order valence-electron chi connectivity index (χ0n) is 10.9. The molecule has 0 radical (unpaired) electrons. The van der Waals surface area contributed by atoms with Gasteiger partial charge in [-0.15, -0.1) is 0 Å². The van der Waals surface area contributed by atoms with Crippen LogP contribution in [-0.4, -0.2) is 29.8 Å².